The Morgan fingerprint density at radius 2 is 1.88 bits per heavy atom. The molecule has 1 aliphatic rings. The molecule has 2 aromatic carbocycles. The van der Waals surface area contributed by atoms with Crippen LogP contribution in [0.2, 0.25) is 5.02 Å². The normalized spacial score (nSPS) is 13.0. The van der Waals surface area contributed by atoms with E-state index in [9.17, 15) is 9.59 Å². The molecule has 126 valence electrons. The molecule has 1 heterocycles. The molecule has 0 unspecified atom stereocenters. The molecule has 0 aliphatic carbocycles. The fourth-order valence-corrected chi connectivity index (χ4v) is 2.48. The number of fused-ring (bicyclic) bond motifs is 1. The number of amides is 1. The van der Waals surface area contributed by atoms with Gasteiger partial charge in [-0.05, 0) is 18.2 Å². The zero-order chi connectivity index (χ0) is 17.8. The second-order valence-corrected chi connectivity index (χ2v) is 5.57. The lowest BCUT2D eigenvalue weighted by Crippen LogP contribution is -2.45. The van der Waals surface area contributed by atoms with Gasteiger partial charge in [-0.15, -0.1) is 0 Å². The highest BCUT2D eigenvalue weighted by Crippen LogP contribution is 2.28. The number of rotatable bonds is 1. The summed E-state index contributed by atoms with van der Waals surface area (Å²) in [6.07, 6.45) is 0. The Hall–Kier alpha value is -3.19. The van der Waals surface area contributed by atoms with E-state index in [1.54, 1.807) is 18.2 Å². The number of amidine groups is 1. The van der Waals surface area contributed by atoms with Crippen LogP contribution >= 0.6 is 11.6 Å². The van der Waals surface area contributed by atoms with E-state index in [1.165, 1.54) is 0 Å². The third kappa shape index (κ3) is 3.84. The minimum Gasteiger partial charge on any atom is -0.474 e. The van der Waals surface area contributed by atoms with Crippen LogP contribution in [0.15, 0.2) is 58.5 Å². The molecule has 0 saturated heterocycles. The van der Waals surface area contributed by atoms with Gasteiger partial charge in [-0.3, -0.25) is 20.6 Å². The molecule has 7 nitrogen and oxygen atoms in total. The third-order valence-electron chi connectivity index (χ3n) is 3.42. The van der Waals surface area contributed by atoms with Gasteiger partial charge < -0.3 is 5.11 Å². The van der Waals surface area contributed by atoms with Crippen LogP contribution in [-0.4, -0.2) is 35.1 Å². The van der Waals surface area contributed by atoms with E-state index < -0.39 is 11.9 Å². The van der Waals surface area contributed by atoms with Gasteiger partial charge in [0.2, 0.25) is 0 Å². The Kier molecular flexibility index (Phi) is 4.76. The fraction of sp³-hybridized carbons (Fsp3) is 0.0588. The summed E-state index contributed by atoms with van der Waals surface area (Å²) in [4.78, 5) is 30.7. The maximum Gasteiger partial charge on any atom is 0.396 e. The second kappa shape index (κ2) is 7.14. The number of aliphatic imine (C=N–C) groups is 2. The van der Waals surface area contributed by atoms with Crippen molar-refractivity contribution in [1.29, 1.82) is 0 Å². The number of benzene rings is 2. The molecule has 1 aliphatic heterocycles. The molecular formula is C17H13ClN4O3. The van der Waals surface area contributed by atoms with Gasteiger partial charge in [0.1, 0.15) is 5.84 Å². The molecule has 8 heteroatoms. The number of aliphatic carboxylic acids is 1. The Bertz CT molecular complexity index is 894. The van der Waals surface area contributed by atoms with Gasteiger partial charge in [0.25, 0.3) is 0 Å². The van der Waals surface area contributed by atoms with Crippen molar-refractivity contribution >= 4 is 40.7 Å². The number of halogens is 1. The fourth-order valence-electron chi connectivity index (χ4n) is 2.31. The van der Waals surface area contributed by atoms with Crippen molar-refractivity contribution in [3.05, 3.63) is 64.7 Å². The smallest absolute Gasteiger partial charge is 0.396 e. The predicted molar refractivity (Wildman–Crippen MR) is 94.4 cm³/mol. The maximum absolute atomic E-state index is 11.2. The minimum atomic E-state index is -1.60. The molecule has 3 N–H and O–H groups in total. The molecule has 0 bridgehead atoms. The number of hydrogen-bond acceptors (Lipinski definition) is 5. The van der Waals surface area contributed by atoms with Crippen molar-refractivity contribution in [1.82, 2.24) is 10.9 Å². The average molecular weight is 357 g/mol. The highest BCUT2D eigenvalue weighted by atomic mass is 35.5. The predicted octanol–water partition coefficient (Wildman–Crippen LogP) is 1.93. The lowest BCUT2D eigenvalue weighted by molar-refractivity contribution is -0.150. The van der Waals surface area contributed by atoms with Crippen LogP contribution in [0.3, 0.4) is 0 Å². The average Bonchev–Trinajstić information content (AvgIpc) is 2.79. The van der Waals surface area contributed by atoms with Crippen LogP contribution in [0, 0.1) is 0 Å². The van der Waals surface area contributed by atoms with Crippen LogP contribution in [0.5, 0.6) is 0 Å². The highest BCUT2D eigenvalue weighted by molar-refractivity contribution is 6.32. The van der Waals surface area contributed by atoms with E-state index in [2.05, 4.69) is 20.8 Å². The number of carbonyl (C=O) groups excluding carboxylic acids is 1. The van der Waals surface area contributed by atoms with Crippen LogP contribution in [0.4, 0.5) is 5.69 Å². The first-order valence-electron chi connectivity index (χ1n) is 7.31. The van der Waals surface area contributed by atoms with Crippen molar-refractivity contribution in [3.8, 4) is 0 Å². The number of nitrogens with one attached hydrogen (secondary N) is 2. The number of carboxylic acid groups (broad SMARTS) is 1. The number of hydrogen-bond donors (Lipinski definition) is 3. The number of hydrazine groups is 1. The zero-order valence-corrected chi connectivity index (χ0v) is 13.6. The van der Waals surface area contributed by atoms with Gasteiger partial charge in [0.05, 0.1) is 17.9 Å². The topological polar surface area (TPSA) is 103 Å². The quantitative estimate of drug-likeness (QED) is 0.536. The van der Waals surface area contributed by atoms with E-state index >= 15 is 0 Å². The maximum atomic E-state index is 11.2. The van der Waals surface area contributed by atoms with E-state index in [1.807, 2.05) is 30.3 Å². The van der Waals surface area contributed by atoms with Crippen LogP contribution in [0.25, 0.3) is 0 Å². The first-order chi connectivity index (χ1) is 12.0. The van der Waals surface area contributed by atoms with Gasteiger partial charge in [-0.2, -0.15) is 0 Å². The number of nitrogens with zero attached hydrogens (tertiary/aromatic N) is 2. The molecule has 0 radical (unpaired) electrons. The molecule has 3 rings (SSSR count). The first-order valence-corrected chi connectivity index (χ1v) is 7.69. The Morgan fingerprint density at radius 3 is 2.60 bits per heavy atom. The van der Waals surface area contributed by atoms with Gasteiger partial charge in [-0.25, -0.2) is 9.79 Å². The van der Waals surface area contributed by atoms with Gasteiger partial charge >= 0.3 is 11.9 Å². The molecular weight excluding hydrogens is 344 g/mol. The summed E-state index contributed by atoms with van der Waals surface area (Å²) in [5.41, 5.74) is 7.53. The summed E-state index contributed by atoms with van der Waals surface area (Å²) in [6.45, 7) is 0.135. The summed E-state index contributed by atoms with van der Waals surface area (Å²) >= 11 is 6.12. The van der Waals surface area contributed by atoms with E-state index in [4.69, 9.17) is 16.7 Å². The van der Waals surface area contributed by atoms with E-state index in [-0.39, 0.29) is 6.54 Å². The van der Waals surface area contributed by atoms with Crippen LogP contribution in [-0.2, 0) is 9.59 Å². The minimum absolute atomic E-state index is 0.135. The second-order valence-electron chi connectivity index (χ2n) is 5.14. The molecule has 0 aromatic heterocycles. The molecule has 0 saturated carbocycles. The molecule has 1 amide bonds. The molecule has 0 fully saturated rings. The van der Waals surface area contributed by atoms with Crippen molar-refractivity contribution in [2.75, 3.05) is 6.54 Å². The third-order valence-corrected chi connectivity index (χ3v) is 3.65. The van der Waals surface area contributed by atoms with E-state index in [0.29, 0.717) is 22.3 Å². The number of carboxylic acids is 1. The van der Waals surface area contributed by atoms with Crippen molar-refractivity contribution < 1.29 is 14.7 Å². The monoisotopic (exact) mass is 356 g/mol. The SMILES string of the molecule is O=C(O)C(=O)NNC1=Nc2ccc(Cl)cc2C(c2ccccc2)=NC1. The standard InChI is InChI=1S/C17H13ClN4O3/c18-11-6-7-13-12(8-11)15(10-4-2-1-3-5-10)19-9-14(20-13)21-22-16(23)17(24)25/h1-8H,9H2,(H,20,21)(H,22,23)(H,24,25). The van der Waals surface area contributed by atoms with Gasteiger partial charge in [0.15, 0.2) is 0 Å². The Balaban J connectivity index is 1.97. The summed E-state index contributed by atoms with van der Waals surface area (Å²) in [5.74, 6) is -2.47. The molecule has 2 aromatic rings. The van der Waals surface area contributed by atoms with Crippen LogP contribution < -0.4 is 10.9 Å². The highest BCUT2D eigenvalue weighted by Gasteiger charge is 2.17. The summed E-state index contributed by atoms with van der Waals surface area (Å²) in [6, 6.07) is 14.8. The largest absolute Gasteiger partial charge is 0.474 e. The molecule has 0 spiro atoms. The molecule has 0 atom stereocenters. The summed E-state index contributed by atoms with van der Waals surface area (Å²) < 4.78 is 0. The zero-order valence-electron chi connectivity index (χ0n) is 12.9. The van der Waals surface area contributed by atoms with E-state index in [0.717, 1.165) is 11.1 Å². The van der Waals surface area contributed by atoms with Gasteiger partial charge in [0, 0.05) is 16.1 Å². The summed E-state index contributed by atoms with van der Waals surface area (Å²) in [7, 11) is 0. The van der Waals surface area contributed by atoms with Crippen LogP contribution in [0.1, 0.15) is 11.1 Å². The Morgan fingerprint density at radius 1 is 1.12 bits per heavy atom. The van der Waals surface area contributed by atoms with Gasteiger partial charge in [-0.1, -0.05) is 41.9 Å². The first kappa shape index (κ1) is 16.7. The van der Waals surface area contributed by atoms with Crippen molar-refractivity contribution in [2.24, 2.45) is 9.98 Å². The summed E-state index contributed by atoms with van der Waals surface area (Å²) in [5, 5.41) is 9.16. The lowest BCUT2D eigenvalue weighted by Gasteiger charge is -2.08. The molecule has 25 heavy (non-hydrogen) atoms. The van der Waals surface area contributed by atoms with Crippen molar-refractivity contribution in [3.63, 3.8) is 0 Å². The Labute approximate surface area is 148 Å². The number of carbonyl (C=O) groups is 2. The lowest BCUT2D eigenvalue weighted by atomic mass is 10.0. The van der Waals surface area contributed by atoms with Crippen molar-refractivity contribution in [2.45, 2.75) is 0 Å².